The Morgan fingerprint density at radius 1 is 1.06 bits per heavy atom. The van der Waals surface area contributed by atoms with E-state index in [4.69, 9.17) is 4.98 Å². The highest BCUT2D eigenvalue weighted by atomic mass is 16.2. The number of carbonyl (C=O) groups is 1. The van der Waals surface area contributed by atoms with Crippen LogP contribution in [0, 0.1) is 5.92 Å². The molecular weight excluding hydrogens is 400 g/mol. The van der Waals surface area contributed by atoms with Crippen LogP contribution in [0.2, 0.25) is 0 Å². The molecule has 1 atom stereocenters. The predicted molar refractivity (Wildman–Crippen MR) is 128 cm³/mol. The van der Waals surface area contributed by atoms with Crippen molar-refractivity contribution < 1.29 is 4.79 Å². The highest BCUT2D eigenvalue weighted by Gasteiger charge is 2.25. The number of rotatable bonds is 7. The molecule has 1 unspecified atom stereocenters. The van der Waals surface area contributed by atoms with Gasteiger partial charge in [0.05, 0.1) is 5.69 Å². The van der Waals surface area contributed by atoms with Crippen molar-refractivity contribution in [3.63, 3.8) is 0 Å². The molecular formula is C26H30N4O2. The van der Waals surface area contributed by atoms with Crippen LogP contribution in [-0.4, -0.2) is 35.5 Å². The number of carbonyl (C=O) groups excluding carboxylic acids is 1. The number of aryl methyl sites for hydroxylation is 1. The van der Waals surface area contributed by atoms with Crippen LogP contribution in [0.1, 0.15) is 31.0 Å². The fourth-order valence-corrected chi connectivity index (χ4v) is 4.34. The number of nitrogens with one attached hydrogen (secondary N) is 2. The molecule has 6 heteroatoms. The van der Waals surface area contributed by atoms with Gasteiger partial charge in [0.1, 0.15) is 5.82 Å². The Morgan fingerprint density at radius 2 is 1.75 bits per heavy atom. The predicted octanol–water partition coefficient (Wildman–Crippen LogP) is 3.57. The Kier molecular flexibility index (Phi) is 7.00. The van der Waals surface area contributed by atoms with E-state index in [0.717, 1.165) is 35.6 Å². The fraction of sp³-hybridized carbons (Fsp3) is 0.346. The largest absolute Gasteiger partial charge is 0.370 e. The number of nitrogens with zero attached hydrogens (tertiary/aromatic N) is 2. The van der Waals surface area contributed by atoms with E-state index in [1.165, 1.54) is 0 Å². The van der Waals surface area contributed by atoms with E-state index in [2.05, 4.69) is 34.3 Å². The van der Waals surface area contributed by atoms with E-state index in [0.29, 0.717) is 38.1 Å². The van der Waals surface area contributed by atoms with E-state index in [-0.39, 0.29) is 17.4 Å². The maximum atomic E-state index is 12.8. The van der Waals surface area contributed by atoms with Crippen LogP contribution in [0.15, 0.2) is 65.5 Å². The first-order valence-corrected chi connectivity index (χ1v) is 11.4. The normalized spacial score (nSPS) is 15.5. The molecule has 0 saturated carbocycles. The molecule has 3 aromatic rings. The van der Waals surface area contributed by atoms with Crippen LogP contribution in [0.3, 0.4) is 0 Å². The number of hydrogen-bond acceptors (Lipinski definition) is 4. The van der Waals surface area contributed by atoms with E-state index >= 15 is 0 Å². The number of likely N-dealkylation sites (N-methyl/N-ethyl adjacent to an activating group) is 1. The van der Waals surface area contributed by atoms with E-state index in [1.807, 2.05) is 48.5 Å². The lowest BCUT2D eigenvalue weighted by Gasteiger charge is -2.24. The van der Waals surface area contributed by atoms with Gasteiger partial charge in [0, 0.05) is 42.4 Å². The van der Waals surface area contributed by atoms with Crippen molar-refractivity contribution in [3.8, 4) is 11.4 Å². The monoisotopic (exact) mass is 430 g/mol. The summed E-state index contributed by atoms with van der Waals surface area (Å²) >= 11 is 0. The maximum Gasteiger partial charge on any atom is 0.254 e. The number of fused-ring (bicyclic) bond motifs is 1. The number of hydrogen-bond donors (Lipinski definition) is 2. The van der Waals surface area contributed by atoms with Gasteiger partial charge in [-0.1, -0.05) is 48.5 Å². The molecule has 32 heavy (non-hydrogen) atoms. The van der Waals surface area contributed by atoms with Crippen molar-refractivity contribution in [2.75, 3.05) is 24.5 Å². The average Bonchev–Trinajstić information content (AvgIpc) is 3.06. The Hall–Kier alpha value is -3.41. The maximum absolute atomic E-state index is 12.8. The summed E-state index contributed by atoms with van der Waals surface area (Å²) in [4.78, 5) is 35.4. The first-order chi connectivity index (χ1) is 15.7. The number of H-pyrrole nitrogens is 1. The summed E-state index contributed by atoms with van der Waals surface area (Å²) in [5.74, 6) is 0.565. The molecule has 166 valence electrons. The van der Waals surface area contributed by atoms with Gasteiger partial charge in [0.25, 0.3) is 5.56 Å². The number of amides is 1. The van der Waals surface area contributed by atoms with Crippen molar-refractivity contribution in [1.82, 2.24) is 15.3 Å². The van der Waals surface area contributed by atoms with E-state index < -0.39 is 0 Å². The second-order valence-corrected chi connectivity index (χ2v) is 8.19. The molecule has 0 bridgehead atoms. The molecule has 1 aliphatic carbocycles. The van der Waals surface area contributed by atoms with E-state index in [9.17, 15) is 9.59 Å². The van der Waals surface area contributed by atoms with Gasteiger partial charge >= 0.3 is 0 Å². The molecule has 2 N–H and O–H groups in total. The molecule has 4 rings (SSSR count). The smallest absolute Gasteiger partial charge is 0.254 e. The zero-order valence-electron chi connectivity index (χ0n) is 18.5. The van der Waals surface area contributed by atoms with Gasteiger partial charge in [-0.15, -0.1) is 0 Å². The summed E-state index contributed by atoms with van der Waals surface area (Å²) < 4.78 is 0. The van der Waals surface area contributed by atoms with Crippen LogP contribution in [-0.2, 0) is 17.6 Å². The summed E-state index contributed by atoms with van der Waals surface area (Å²) in [5.41, 5.74) is 3.51. The van der Waals surface area contributed by atoms with Crippen molar-refractivity contribution in [2.45, 2.75) is 32.6 Å². The molecule has 0 saturated heterocycles. The Bertz CT molecular complexity index is 1100. The molecule has 1 amide bonds. The fourth-order valence-electron chi connectivity index (χ4n) is 4.34. The third-order valence-electron chi connectivity index (χ3n) is 6.18. The summed E-state index contributed by atoms with van der Waals surface area (Å²) in [6.07, 6.45) is 2.60. The minimum atomic E-state index is -0.101. The molecule has 1 aliphatic rings. The number of aromatic nitrogens is 2. The topological polar surface area (TPSA) is 78.1 Å². The Labute approximate surface area is 188 Å². The third kappa shape index (κ3) is 5.07. The van der Waals surface area contributed by atoms with Crippen LogP contribution in [0.4, 0.5) is 5.69 Å². The third-order valence-corrected chi connectivity index (χ3v) is 6.18. The first-order valence-electron chi connectivity index (χ1n) is 11.4. The Morgan fingerprint density at radius 3 is 2.47 bits per heavy atom. The summed E-state index contributed by atoms with van der Waals surface area (Å²) in [6, 6.07) is 19.9. The minimum Gasteiger partial charge on any atom is -0.370 e. The minimum absolute atomic E-state index is 0.0710. The summed E-state index contributed by atoms with van der Waals surface area (Å²) in [7, 11) is 0. The van der Waals surface area contributed by atoms with Gasteiger partial charge in [0.2, 0.25) is 5.91 Å². The highest BCUT2D eigenvalue weighted by molar-refractivity contribution is 5.78. The number of para-hydroxylation sites is 1. The lowest BCUT2D eigenvalue weighted by Crippen LogP contribution is -2.38. The van der Waals surface area contributed by atoms with Crippen molar-refractivity contribution in [3.05, 3.63) is 82.3 Å². The molecule has 0 spiro atoms. The number of aromatic amines is 1. The molecule has 6 nitrogen and oxygen atoms in total. The molecule has 1 heterocycles. The molecule has 0 aliphatic heterocycles. The van der Waals surface area contributed by atoms with Crippen molar-refractivity contribution in [2.24, 2.45) is 5.92 Å². The standard InChI is InChI=1S/C26H30N4O2/c1-2-30(21-11-7-4-8-12-21)18-17-27-25(31)20-13-15-22-23(16-14-20)28-24(29-26(22)32)19-9-5-3-6-10-19/h3-12,20H,2,13-18H2,1H3,(H,27,31)(H,28,29,32). The summed E-state index contributed by atoms with van der Waals surface area (Å²) in [5, 5.41) is 3.11. The SMILES string of the molecule is CCN(CCNC(=O)C1CCc2nc(-c3ccccc3)[nH]c(=O)c2CC1)c1ccccc1. The number of anilines is 1. The van der Waals surface area contributed by atoms with Crippen molar-refractivity contribution in [1.29, 1.82) is 0 Å². The first kappa shape index (κ1) is 21.8. The van der Waals surface area contributed by atoms with Crippen LogP contribution in [0.25, 0.3) is 11.4 Å². The summed E-state index contributed by atoms with van der Waals surface area (Å²) in [6.45, 7) is 4.37. The molecule has 0 radical (unpaired) electrons. The zero-order valence-corrected chi connectivity index (χ0v) is 18.5. The van der Waals surface area contributed by atoms with Gasteiger partial charge in [-0.05, 0) is 44.7 Å². The highest BCUT2D eigenvalue weighted by Crippen LogP contribution is 2.23. The lowest BCUT2D eigenvalue weighted by molar-refractivity contribution is -0.125. The quantitative estimate of drug-likeness (QED) is 0.562. The average molecular weight is 431 g/mol. The van der Waals surface area contributed by atoms with Gasteiger partial charge < -0.3 is 15.2 Å². The van der Waals surface area contributed by atoms with Gasteiger partial charge in [0.15, 0.2) is 0 Å². The van der Waals surface area contributed by atoms with E-state index in [1.54, 1.807) is 0 Å². The van der Waals surface area contributed by atoms with Crippen LogP contribution >= 0.6 is 0 Å². The zero-order chi connectivity index (χ0) is 22.3. The lowest BCUT2D eigenvalue weighted by atomic mass is 9.99. The Balaban J connectivity index is 1.36. The second kappa shape index (κ2) is 10.3. The molecule has 1 aromatic heterocycles. The van der Waals surface area contributed by atoms with Crippen LogP contribution < -0.4 is 15.8 Å². The van der Waals surface area contributed by atoms with Crippen molar-refractivity contribution >= 4 is 11.6 Å². The molecule has 2 aromatic carbocycles. The molecule has 0 fully saturated rings. The van der Waals surface area contributed by atoms with Gasteiger partial charge in [-0.2, -0.15) is 0 Å². The van der Waals surface area contributed by atoms with Gasteiger partial charge in [-0.3, -0.25) is 9.59 Å². The van der Waals surface area contributed by atoms with Crippen LogP contribution in [0.5, 0.6) is 0 Å². The second-order valence-electron chi connectivity index (χ2n) is 8.19. The number of benzene rings is 2. The van der Waals surface area contributed by atoms with Gasteiger partial charge in [-0.25, -0.2) is 4.98 Å².